The van der Waals surface area contributed by atoms with Crippen molar-refractivity contribution in [3.05, 3.63) is 70.9 Å². The maximum atomic E-state index is 12.4. The summed E-state index contributed by atoms with van der Waals surface area (Å²) < 4.78 is 5.80. The van der Waals surface area contributed by atoms with Crippen molar-refractivity contribution >= 4 is 12.3 Å². The molecule has 0 bridgehead atoms. The van der Waals surface area contributed by atoms with Gasteiger partial charge in [-0.2, -0.15) is 0 Å². The number of esters is 1. The molecule has 1 rings (SSSR count). The van der Waals surface area contributed by atoms with Gasteiger partial charge >= 0.3 is 5.97 Å². The Bertz CT molecular complexity index is 834. The highest BCUT2D eigenvalue weighted by Crippen LogP contribution is 2.42. The Balaban J connectivity index is 2.73. The number of unbranched alkanes of at least 4 members (excludes halogenated alkanes) is 5. The number of carbonyl (C=O) groups is 2. The van der Waals surface area contributed by atoms with Gasteiger partial charge in [-0.05, 0) is 81.1 Å². The Morgan fingerprint density at radius 1 is 1.03 bits per heavy atom. The van der Waals surface area contributed by atoms with Gasteiger partial charge in [-0.15, -0.1) is 0 Å². The fourth-order valence-corrected chi connectivity index (χ4v) is 4.10. The number of rotatable bonds is 14. The van der Waals surface area contributed by atoms with Crippen molar-refractivity contribution in [3.8, 4) is 0 Å². The monoisotopic (exact) mass is 468 g/mol. The SMILES string of the molecule is CC1=C(/C=C/C(C)=C/C=C/C(C)=C/C=O)C(C)(C)CCC1OC(=O)/C=C/CCCCCCCO. The summed E-state index contributed by atoms with van der Waals surface area (Å²) in [6.45, 7) is 10.7. The molecule has 1 aliphatic carbocycles. The van der Waals surface area contributed by atoms with Gasteiger partial charge in [0.2, 0.25) is 0 Å². The lowest BCUT2D eigenvalue weighted by Crippen LogP contribution is -2.30. The summed E-state index contributed by atoms with van der Waals surface area (Å²) in [5, 5.41) is 8.80. The number of aliphatic hydroxyl groups excluding tert-OH is 1. The van der Waals surface area contributed by atoms with E-state index in [0.29, 0.717) is 0 Å². The molecular weight excluding hydrogens is 424 g/mol. The van der Waals surface area contributed by atoms with Crippen LogP contribution in [0.1, 0.15) is 86.0 Å². The molecule has 0 heterocycles. The van der Waals surface area contributed by atoms with E-state index in [1.165, 1.54) is 11.6 Å². The number of hydrogen-bond acceptors (Lipinski definition) is 4. The van der Waals surface area contributed by atoms with Crippen LogP contribution in [0.2, 0.25) is 0 Å². The van der Waals surface area contributed by atoms with Gasteiger partial charge in [0.15, 0.2) is 0 Å². The van der Waals surface area contributed by atoms with Crippen LogP contribution < -0.4 is 0 Å². The van der Waals surface area contributed by atoms with Gasteiger partial charge in [0.05, 0.1) is 0 Å². The van der Waals surface area contributed by atoms with Crippen LogP contribution in [0.15, 0.2) is 70.9 Å². The number of hydrogen-bond donors (Lipinski definition) is 1. The minimum atomic E-state index is -0.271. The quantitative estimate of drug-likeness (QED) is 0.0968. The van der Waals surface area contributed by atoms with Crippen LogP contribution in [0.4, 0.5) is 0 Å². The van der Waals surface area contributed by atoms with Gasteiger partial charge in [0.1, 0.15) is 12.4 Å². The zero-order valence-corrected chi connectivity index (χ0v) is 21.8. The van der Waals surface area contributed by atoms with E-state index >= 15 is 0 Å². The van der Waals surface area contributed by atoms with Crippen molar-refractivity contribution in [2.24, 2.45) is 5.41 Å². The van der Waals surface area contributed by atoms with Crippen molar-refractivity contribution in [3.63, 3.8) is 0 Å². The van der Waals surface area contributed by atoms with E-state index in [4.69, 9.17) is 9.84 Å². The Morgan fingerprint density at radius 3 is 2.41 bits per heavy atom. The lowest BCUT2D eigenvalue weighted by atomic mass is 9.71. The van der Waals surface area contributed by atoms with Gasteiger partial charge in [0.25, 0.3) is 0 Å². The molecule has 4 nitrogen and oxygen atoms in total. The Labute approximate surface area is 206 Å². The molecule has 0 aromatic rings. The van der Waals surface area contributed by atoms with Crippen LogP contribution in [-0.4, -0.2) is 30.1 Å². The second-order valence-corrected chi connectivity index (χ2v) is 9.78. The predicted octanol–water partition coefficient (Wildman–Crippen LogP) is 7.13. The van der Waals surface area contributed by atoms with Gasteiger partial charge in [0, 0.05) is 12.7 Å². The highest BCUT2D eigenvalue weighted by Gasteiger charge is 2.33. The lowest BCUT2D eigenvalue weighted by Gasteiger charge is -2.36. The van der Waals surface area contributed by atoms with Crippen LogP contribution in [0.5, 0.6) is 0 Å². The van der Waals surface area contributed by atoms with Crippen molar-refractivity contribution in [2.75, 3.05) is 6.61 Å². The van der Waals surface area contributed by atoms with E-state index in [1.54, 1.807) is 6.08 Å². The standard InChI is InChI=1S/C30H44O4/c1-24(14-13-15-25(2)20-23-32)17-18-27-26(3)28(19-21-30(27,4)5)34-29(33)16-11-9-7-6-8-10-12-22-31/h11,13-18,20,23,28,31H,6-10,12,19,21-22H2,1-5H3/b15-13+,16-11+,18-17+,24-14+,25-20+. The van der Waals surface area contributed by atoms with E-state index in [-0.39, 0.29) is 24.1 Å². The number of carbonyl (C=O) groups excluding carboxylic acids is 2. The van der Waals surface area contributed by atoms with Crippen molar-refractivity contribution in [1.29, 1.82) is 0 Å². The Morgan fingerprint density at radius 2 is 1.71 bits per heavy atom. The molecule has 4 heteroatoms. The molecule has 1 atom stereocenters. The van der Waals surface area contributed by atoms with Crippen LogP contribution in [0.25, 0.3) is 0 Å². The van der Waals surface area contributed by atoms with Crippen molar-refractivity contribution < 1.29 is 19.4 Å². The largest absolute Gasteiger partial charge is 0.455 e. The summed E-state index contributed by atoms with van der Waals surface area (Å²) in [4.78, 5) is 22.9. The molecule has 34 heavy (non-hydrogen) atoms. The van der Waals surface area contributed by atoms with Crippen LogP contribution in [-0.2, 0) is 14.3 Å². The first-order chi connectivity index (χ1) is 16.2. The molecule has 0 aliphatic heterocycles. The van der Waals surface area contributed by atoms with Gasteiger partial charge in [-0.25, -0.2) is 4.79 Å². The number of allylic oxidation sites excluding steroid dienone is 10. The molecule has 0 saturated carbocycles. The maximum Gasteiger partial charge on any atom is 0.331 e. The first kappa shape index (κ1) is 29.6. The summed E-state index contributed by atoms with van der Waals surface area (Å²) in [7, 11) is 0. The fraction of sp³-hybridized carbons (Fsp3) is 0.533. The van der Waals surface area contributed by atoms with Crippen molar-refractivity contribution in [1.82, 2.24) is 0 Å². The highest BCUT2D eigenvalue weighted by molar-refractivity contribution is 5.82. The van der Waals surface area contributed by atoms with Crippen LogP contribution in [0, 0.1) is 5.41 Å². The minimum absolute atomic E-state index is 0.0226. The van der Waals surface area contributed by atoms with E-state index in [9.17, 15) is 9.59 Å². The van der Waals surface area contributed by atoms with E-state index in [1.807, 2.05) is 38.2 Å². The van der Waals surface area contributed by atoms with Crippen LogP contribution >= 0.6 is 0 Å². The first-order valence-corrected chi connectivity index (χ1v) is 12.6. The fourth-order valence-electron chi connectivity index (χ4n) is 4.10. The molecule has 0 fully saturated rings. The van der Waals surface area contributed by atoms with Gasteiger partial charge in [-0.3, -0.25) is 4.79 Å². The summed E-state index contributed by atoms with van der Waals surface area (Å²) >= 11 is 0. The minimum Gasteiger partial charge on any atom is -0.455 e. The third-order valence-corrected chi connectivity index (χ3v) is 6.27. The molecule has 1 aliphatic rings. The van der Waals surface area contributed by atoms with Gasteiger partial charge < -0.3 is 9.84 Å². The second kappa shape index (κ2) is 16.2. The lowest BCUT2D eigenvalue weighted by molar-refractivity contribution is -0.142. The smallest absolute Gasteiger partial charge is 0.331 e. The predicted molar refractivity (Wildman–Crippen MR) is 141 cm³/mol. The molecule has 0 spiro atoms. The molecular formula is C30H44O4. The molecule has 0 aromatic heterocycles. The summed E-state index contributed by atoms with van der Waals surface area (Å²) in [5.74, 6) is -0.271. The average Bonchev–Trinajstić information content (AvgIpc) is 2.77. The zero-order valence-electron chi connectivity index (χ0n) is 21.8. The normalized spacial score (nSPS) is 19.5. The summed E-state index contributed by atoms with van der Waals surface area (Å²) in [5.41, 5.74) is 4.37. The number of aldehydes is 1. The zero-order chi connectivity index (χ0) is 25.4. The first-order valence-electron chi connectivity index (χ1n) is 12.6. The molecule has 0 amide bonds. The molecule has 1 unspecified atom stereocenters. The highest BCUT2D eigenvalue weighted by atomic mass is 16.5. The molecule has 0 saturated heterocycles. The second-order valence-electron chi connectivity index (χ2n) is 9.78. The van der Waals surface area contributed by atoms with Crippen molar-refractivity contribution in [2.45, 2.75) is 92.1 Å². The molecule has 0 radical (unpaired) electrons. The van der Waals surface area contributed by atoms with E-state index in [2.05, 4.69) is 32.9 Å². The topological polar surface area (TPSA) is 63.6 Å². The molecule has 0 aromatic carbocycles. The Kier molecular flexibility index (Phi) is 14.1. The molecule has 188 valence electrons. The van der Waals surface area contributed by atoms with Gasteiger partial charge in [-0.1, -0.05) is 75.1 Å². The van der Waals surface area contributed by atoms with E-state index in [0.717, 1.165) is 74.4 Å². The average molecular weight is 469 g/mol. The Hall–Kier alpha value is -2.46. The maximum absolute atomic E-state index is 12.4. The molecule has 1 N–H and O–H groups in total. The van der Waals surface area contributed by atoms with E-state index < -0.39 is 0 Å². The summed E-state index contributed by atoms with van der Waals surface area (Å²) in [6, 6.07) is 0. The third-order valence-electron chi connectivity index (χ3n) is 6.27. The summed E-state index contributed by atoms with van der Waals surface area (Å²) in [6.07, 6.45) is 23.6. The number of aliphatic hydroxyl groups is 1. The number of ether oxygens (including phenoxy) is 1. The third kappa shape index (κ3) is 11.6. The van der Waals surface area contributed by atoms with Crippen LogP contribution in [0.3, 0.4) is 0 Å².